The van der Waals surface area contributed by atoms with Gasteiger partial charge in [-0.3, -0.25) is 14.7 Å². The Bertz CT molecular complexity index is 527. The Morgan fingerprint density at radius 2 is 1.74 bits per heavy atom. The van der Waals surface area contributed by atoms with E-state index in [4.69, 9.17) is 9.05 Å². The minimum atomic E-state index is -3.34. The van der Waals surface area contributed by atoms with Gasteiger partial charge in [0.2, 0.25) is 0 Å². The molecular weight excluding hydrogens is 337 g/mol. The van der Waals surface area contributed by atoms with Gasteiger partial charge in [-0.25, -0.2) is 0 Å². The fourth-order valence-electron chi connectivity index (χ4n) is 2.00. The van der Waals surface area contributed by atoms with E-state index in [0.717, 1.165) is 24.2 Å². The van der Waals surface area contributed by atoms with Crippen LogP contribution in [0.2, 0.25) is 0 Å². The number of thioether (sulfide) groups is 1. The molecule has 130 valence electrons. The van der Waals surface area contributed by atoms with Crippen molar-refractivity contribution < 1.29 is 18.5 Å². The van der Waals surface area contributed by atoms with Crippen LogP contribution in [0.1, 0.15) is 44.2 Å². The van der Waals surface area contributed by atoms with Gasteiger partial charge in [0, 0.05) is 12.1 Å². The third kappa shape index (κ3) is 5.92. The Balaban J connectivity index is 3.11. The first-order valence-electron chi connectivity index (χ1n) is 7.73. The van der Waals surface area contributed by atoms with Crippen LogP contribution in [0.4, 0.5) is 5.69 Å². The van der Waals surface area contributed by atoms with Crippen molar-refractivity contribution in [3.8, 4) is 0 Å². The van der Waals surface area contributed by atoms with Crippen molar-refractivity contribution >= 4 is 25.0 Å². The van der Waals surface area contributed by atoms with Gasteiger partial charge in [-0.2, -0.15) is 0 Å². The maximum absolute atomic E-state index is 13.1. The summed E-state index contributed by atoms with van der Waals surface area (Å²) in [5.41, 5.74) is 0.732. The molecule has 0 radical (unpaired) electrons. The van der Waals surface area contributed by atoms with Crippen LogP contribution in [-0.2, 0) is 13.6 Å². The van der Waals surface area contributed by atoms with Crippen molar-refractivity contribution in [2.75, 3.05) is 19.0 Å². The van der Waals surface area contributed by atoms with E-state index in [9.17, 15) is 14.7 Å². The number of unbranched alkanes of at least 4 members (excludes halogenated alkanes) is 1. The topological polar surface area (TPSA) is 78.7 Å². The number of nitrogens with zero attached hydrogens (tertiary/aromatic N) is 1. The molecule has 1 atom stereocenters. The second kappa shape index (κ2) is 10.1. The van der Waals surface area contributed by atoms with E-state index in [1.54, 1.807) is 26.0 Å². The molecule has 0 saturated carbocycles. The summed E-state index contributed by atoms with van der Waals surface area (Å²) in [7, 11) is -3.34. The summed E-state index contributed by atoms with van der Waals surface area (Å²) in [6, 6.07) is 6.11. The zero-order valence-electron chi connectivity index (χ0n) is 13.8. The highest BCUT2D eigenvalue weighted by atomic mass is 32.2. The average molecular weight is 361 g/mol. The maximum Gasteiger partial charge on any atom is 0.347 e. The van der Waals surface area contributed by atoms with Crippen LogP contribution in [0.15, 0.2) is 24.3 Å². The molecule has 1 aromatic carbocycles. The summed E-state index contributed by atoms with van der Waals surface area (Å²) >= 11 is 1.52. The molecule has 1 unspecified atom stereocenters. The monoisotopic (exact) mass is 361 g/mol. The molecule has 0 bridgehead atoms. The SMILES string of the molecule is CCCCSC(c1ccc([N+](=O)[O-])cc1)P(=O)(OCC)OCC. The van der Waals surface area contributed by atoms with Crippen LogP contribution in [0.25, 0.3) is 0 Å². The third-order valence-corrected chi connectivity index (χ3v) is 7.51. The molecule has 6 nitrogen and oxygen atoms in total. The van der Waals surface area contributed by atoms with Crippen LogP contribution < -0.4 is 0 Å². The molecule has 0 aliphatic rings. The standard InChI is InChI=1S/C15H24NO5PS/c1-4-7-12-23-15(22(19,20-5-2)21-6-3)13-8-10-14(11-9-13)16(17)18/h8-11,15H,4-7,12H2,1-3H3. The second-order valence-electron chi connectivity index (χ2n) is 4.80. The quantitative estimate of drug-likeness (QED) is 0.227. The Hall–Kier alpha value is -0.880. The highest BCUT2D eigenvalue weighted by molar-refractivity contribution is 8.04. The molecule has 0 heterocycles. The van der Waals surface area contributed by atoms with Gasteiger partial charge in [-0.15, -0.1) is 11.8 Å². The molecule has 1 rings (SSSR count). The van der Waals surface area contributed by atoms with Crippen molar-refractivity contribution in [1.82, 2.24) is 0 Å². The van der Waals surface area contributed by atoms with E-state index in [-0.39, 0.29) is 18.9 Å². The normalized spacial score (nSPS) is 13.0. The van der Waals surface area contributed by atoms with Crippen LogP contribution in [-0.4, -0.2) is 23.9 Å². The van der Waals surface area contributed by atoms with E-state index in [0.29, 0.717) is 0 Å². The van der Waals surface area contributed by atoms with Gasteiger partial charge in [0.1, 0.15) is 4.99 Å². The van der Waals surface area contributed by atoms with E-state index in [1.807, 2.05) is 0 Å². The fraction of sp³-hybridized carbons (Fsp3) is 0.600. The lowest BCUT2D eigenvalue weighted by Gasteiger charge is -2.26. The van der Waals surface area contributed by atoms with Crippen molar-refractivity contribution in [3.63, 3.8) is 0 Å². The number of non-ortho nitro benzene ring substituents is 1. The number of hydrogen-bond donors (Lipinski definition) is 0. The molecule has 8 heteroatoms. The van der Waals surface area contributed by atoms with E-state index in [2.05, 4.69) is 6.92 Å². The second-order valence-corrected chi connectivity index (χ2v) is 8.48. The average Bonchev–Trinajstić information content (AvgIpc) is 2.52. The number of benzene rings is 1. The van der Waals surface area contributed by atoms with Crippen LogP contribution >= 0.6 is 19.4 Å². The number of nitro groups is 1. The predicted octanol–water partition coefficient (Wildman–Crippen LogP) is 5.39. The van der Waals surface area contributed by atoms with Gasteiger partial charge in [0.25, 0.3) is 5.69 Å². The lowest BCUT2D eigenvalue weighted by atomic mass is 10.2. The molecule has 0 fully saturated rings. The molecule has 0 aromatic heterocycles. The molecule has 0 aliphatic carbocycles. The molecule has 0 N–H and O–H groups in total. The molecule has 0 aliphatic heterocycles. The largest absolute Gasteiger partial charge is 0.347 e. The summed E-state index contributed by atoms with van der Waals surface area (Å²) in [5.74, 6) is 0.822. The van der Waals surface area contributed by atoms with Crippen LogP contribution in [0, 0.1) is 10.1 Å². The smallest absolute Gasteiger partial charge is 0.308 e. The lowest BCUT2D eigenvalue weighted by molar-refractivity contribution is -0.384. The lowest BCUT2D eigenvalue weighted by Crippen LogP contribution is -2.05. The number of nitro benzene ring substituents is 1. The Labute approximate surface area is 141 Å². The minimum Gasteiger partial charge on any atom is -0.308 e. The zero-order chi connectivity index (χ0) is 17.3. The first kappa shape index (κ1) is 20.2. The molecule has 0 spiro atoms. The fourth-order valence-corrected chi connectivity index (χ4v) is 6.04. The van der Waals surface area contributed by atoms with E-state index in [1.165, 1.54) is 23.9 Å². The van der Waals surface area contributed by atoms with E-state index >= 15 is 0 Å². The summed E-state index contributed by atoms with van der Waals surface area (Å²) in [6.45, 7) is 6.21. The maximum atomic E-state index is 13.1. The number of rotatable bonds is 11. The van der Waals surface area contributed by atoms with Crippen LogP contribution in [0.3, 0.4) is 0 Å². The summed E-state index contributed by atoms with van der Waals surface area (Å²) in [6.07, 6.45) is 2.03. The Morgan fingerprint density at radius 3 is 2.17 bits per heavy atom. The summed E-state index contributed by atoms with van der Waals surface area (Å²) in [5, 5.41) is 10.8. The molecule has 23 heavy (non-hydrogen) atoms. The highest BCUT2D eigenvalue weighted by Crippen LogP contribution is 2.65. The van der Waals surface area contributed by atoms with Gasteiger partial charge in [0.05, 0.1) is 18.1 Å². The van der Waals surface area contributed by atoms with Gasteiger partial charge in [0.15, 0.2) is 0 Å². The van der Waals surface area contributed by atoms with Gasteiger partial charge < -0.3 is 9.05 Å². The van der Waals surface area contributed by atoms with Gasteiger partial charge in [-0.05, 0) is 31.6 Å². The van der Waals surface area contributed by atoms with Gasteiger partial charge >= 0.3 is 7.60 Å². The van der Waals surface area contributed by atoms with Crippen LogP contribution in [0.5, 0.6) is 0 Å². The number of hydrogen-bond acceptors (Lipinski definition) is 6. The zero-order valence-corrected chi connectivity index (χ0v) is 15.5. The first-order valence-corrected chi connectivity index (χ1v) is 10.4. The van der Waals surface area contributed by atoms with Crippen molar-refractivity contribution in [2.45, 2.75) is 38.6 Å². The Kier molecular flexibility index (Phi) is 8.84. The first-order chi connectivity index (χ1) is 11.0. The van der Waals surface area contributed by atoms with E-state index < -0.39 is 17.5 Å². The summed E-state index contributed by atoms with van der Waals surface area (Å²) < 4.78 is 24.1. The van der Waals surface area contributed by atoms with Crippen molar-refractivity contribution in [3.05, 3.63) is 39.9 Å². The molecule has 0 saturated heterocycles. The summed E-state index contributed by atoms with van der Waals surface area (Å²) in [4.78, 5) is 9.86. The molecular formula is C15H24NO5PS. The third-order valence-electron chi connectivity index (χ3n) is 3.07. The highest BCUT2D eigenvalue weighted by Gasteiger charge is 2.37. The van der Waals surface area contributed by atoms with Gasteiger partial charge in [-0.1, -0.05) is 25.5 Å². The minimum absolute atomic E-state index is 0.00807. The molecule has 1 aromatic rings. The van der Waals surface area contributed by atoms with Crippen molar-refractivity contribution in [1.29, 1.82) is 0 Å². The predicted molar refractivity (Wildman–Crippen MR) is 94.1 cm³/mol. The molecule has 0 amide bonds. The Morgan fingerprint density at radius 1 is 1.17 bits per heavy atom. The van der Waals surface area contributed by atoms with Crippen molar-refractivity contribution in [2.24, 2.45) is 0 Å².